The van der Waals surface area contributed by atoms with Gasteiger partial charge in [0.15, 0.2) is 11.6 Å². The number of phenols is 1. The molecule has 1 N–H and O–H groups in total. The van der Waals surface area contributed by atoms with Crippen LogP contribution in [0.15, 0.2) is 24.4 Å². The van der Waals surface area contributed by atoms with Gasteiger partial charge in [0, 0.05) is 11.0 Å². The Morgan fingerprint density at radius 1 is 1.10 bits per heavy atom. The van der Waals surface area contributed by atoms with Crippen LogP contribution in [0.4, 0.5) is 10.2 Å². The lowest BCUT2D eigenvalue weighted by atomic mass is 9.94. The largest absolute Gasteiger partial charge is 0.507 e. The van der Waals surface area contributed by atoms with Gasteiger partial charge in [-0.2, -0.15) is 30.1 Å². The zero-order valence-electron chi connectivity index (χ0n) is 24.3. The third-order valence-electron chi connectivity index (χ3n) is 8.82. The van der Waals surface area contributed by atoms with E-state index in [0.717, 1.165) is 19.3 Å². The lowest BCUT2D eigenvalue weighted by Crippen LogP contribution is -2.51. The van der Waals surface area contributed by atoms with Crippen LogP contribution in [0.1, 0.15) is 73.6 Å². The zero-order valence-corrected chi connectivity index (χ0v) is 27.0. The van der Waals surface area contributed by atoms with Crippen LogP contribution in [0.25, 0.3) is 22.8 Å². The molecule has 9 nitrogen and oxygen atoms in total. The highest BCUT2D eigenvalue weighted by Gasteiger charge is 2.82. The fourth-order valence-electron chi connectivity index (χ4n) is 5.84. The topological polar surface area (TPSA) is 106 Å². The average Bonchev–Trinajstić information content (AvgIpc) is 3.22. The van der Waals surface area contributed by atoms with Gasteiger partial charge in [-0.1, -0.05) is 46.1 Å². The highest BCUT2D eigenvalue weighted by atomic mass is 32.2. The molecule has 0 bridgehead atoms. The Labute approximate surface area is 257 Å². The van der Waals surface area contributed by atoms with Crippen LogP contribution in [0.2, 0.25) is 0 Å². The summed E-state index contributed by atoms with van der Waals surface area (Å²) in [5.74, 6) is 1.39. The summed E-state index contributed by atoms with van der Waals surface area (Å²) in [7, 11) is 0. The molecule has 2 saturated carbocycles. The van der Waals surface area contributed by atoms with Crippen LogP contribution in [0.5, 0.6) is 5.75 Å². The Kier molecular flexibility index (Phi) is 7.81. The van der Waals surface area contributed by atoms with E-state index in [2.05, 4.69) is 37.5 Å². The van der Waals surface area contributed by atoms with Gasteiger partial charge in [-0.05, 0) is 56.9 Å². The van der Waals surface area contributed by atoms with E-state index in [1.54, 1.807) is 24.4 Å². The third-order valence-corrected chi connectivity index (χ3v) is 12.0. The number of rotatable bonds is 6. The number of nitrogens with zero attached hydrogens (tertiary/aromatic N) is 8. The number of alkyl halides is 1. The lowest BCUT2D eigenvalue weighted by molar-refractivity contribution is 0.241. The number of phenolic OH excluding ortho intramolecular Hbond substituents is 1. The van der Waals surface area contributed by atoms with E-state index in [4.69, 9.17) is 37.9 Å². The molecule has 0 aliphatic heterocycles. The van der Waals surface area contributed by atoms with Crippen molar-refractivity contribution in [3.05, 3.63) is 24.4 Å². The Bertz CT molecular complexity index is 1390. The molecule has 0 spiro atoms. The van der Waals surface area contributed by atoms with Crippen LogP contribution in [-0.4, -0.2) is 61.7 Å². The first-order valence-corrected chi connectivity index (χ1v) is 15.4. The summed E-state index contributed by atoms with van der Waals surface area (Å²) in [4.78, 5) is 7.11. The molecule has 1 aromatic carbocycles. The van der Waals surface area contributed by atoms with E-state index >= 15 is 4.39 Å². The van der Waals surface area contributed by atoms with Gasteiger partial charge in [-0.3, -0.25) is 0 Å². The minimum absolute atomic E-state index is 0.0434. The quantitative estimate of drug-likeness (QED) is 0.152. The highest BCUT2D eigenvalue weighted by molar-refractivity contribution is 8.03. The second-order valence-electron chi connectivity index (χ2n) is 12.8. The first-order valence-electron chi connectivity index (χ1n) is 14.1. The molecular weight excluding hydrogens is 580 g/mol. The number of hydrogen-bond donors (Lipinski definition) is 4. The monoisotopic (exact) mass is 618 g/mol. The summed E-state index contributed by atoms with van der Waals surface area (Å²) in [5, 5.41) is 32.4. The lowest BCUT2D eigenvalue weighted by Gasteiger charge is -2.41. The third kappa shape index (κ3) is 4.99. The van der Waals surface area contributed by atoms with Gasteiger partial charge in [0.1, 0.15) is 16.8 Å². The van der Waals surface area contributed by atoms with Crippen molar-refractivity contribution in [2.24, 2.45) is 11.3 Å². The van der Waals surface area contributed by atoms with E-state index in [9.17, 15) is 5.11 Å². The summed E-state index contributed by atoms with van der Waals surface area (Å²) < 4.78 is 15.0. The molecule has 0 saturated heterocycles. The first-order chi connectivity index (χ1) is 19.1. The van der Waals surface area contributed by atoms with Crippen molar-refractivity contribution in [3.8, 4) is 28.5 Å². The average molecular weight is 619 g/mol. The molecule has 4 atom stereocenters. The summed E-state index contributed by atoms with van der Waals surface area (Å²) >= 11 is 14.8. The summed E-state index contributed by atoms with van der Waals surface area (Å²) in [6, 6.07) is 4.56. The standard InChI is InChI=1S/C28H39FN8OS3/c1-7-16-9-8-10-19(29)20(13-16)36(27(39)26(5,6)28(27,40)41)22-15-30-24(32-31-22)18-12-11-17(14-21(18)38)23-33-35-37(34-23)25(2,3)4/h11-12,14-16,19-20,38-41H,7-10,13H2,1-6H3/t16-,19+,20-,27?/m1/s1. The first kappa shape index (κ1) is 30.3. The Morgan fingerprint density at radius 2 is 1.80 bits per heavy atom. The number of anilines is 1. The van der Waals surface area contributed by atoms with Crippen molar-refractivity contribution in [3.63, 3.8) is 0 Å². The Balaban J connectivity index is 1.48. The summed E-state index contributed by atoms with van der Waals surface area (Å²) in [6.07, 6.45) is 4.49. The summed E-state index contributed by atoms with van der Waals surface area (Å²) in [5.41, 5.74) is 0.216. The van der Waals surface area contributed by atoms with Crippen molar-refractivity contribution in [1.82, 2.24) is 35.4 Å². The van der Waals surface area contributed by atoms with Crippen LogP contribution < -0.4 is 4.90 Å². The fraction of sp³-hybridized carbons (Fsp3) is 0.643. The van der Waals surface area contributed by atoms with E-state index in [1.807, 2.05) is 39.5 Å². The van der Waals surface area contributed by atoms with Crippen molar-refractivity contribution < 1.29 is 9.50 Å². The van der Waals surface area contributed by atoms with Crippen LogP contribution >= 0.6 is 37.9 Å². The van der Waals surface area contributed by atoms with Crippen molar-refractivity contribution >= 4 is 43.7 Å². The van der Waals surface area contributed by atoms with Crippen LogP contribution in [0, 0.1) is 11.3 Å². The fourth-order valence-corrected chi connectivity index (χ4v) is 7.65. The molecule has 0 radical (unpaired) electrons. The van der Waals surface area contributed by atoms with Gasteiger partial charge >= 0.3 is 0 Å². The second-order valence-corrected chi connectivity index (χ2v) is 15.2. The molecule has 2 aromatic heterocycles. The van der Waals surface area contributed by atoms with Gasteiger partial charge in [0.2, 0.25) is 5.82 Å². The predicted octanol–water partition coefficient (Wildman–Crippen LogP) is 5.99. The number of tetrazole rings is 1. The molecule has 3 aromatic rings. The van der Waals surface area contributed by atoms with Crippen molar-refractivity contribution in [2.45, 2.75) is 100 Å². The summed E-state index contributed by atoms with van der Waals surface area (Å²) in [6.45, 7) is 12.1. The minimum Gasteiger partial charge on any atom is -0.507 e. The van der Waals surface area contributed by atoms with Crippen molar-refractivity contribution in [2.75, 3.05) is 4.90 Å². The molecule has 2 aliphatic carbocycles. The molecular formula is C28H39FN8OS3. The molecule has 0 amide bonds. The number of aromatic nitrogens is 7. The molecule has 2 fully saturated rings. The normalized spacial score (nSPS) is 27.3. The maximum atomic E-state index is 15.8. The predicted molar refractivity (Wildman–Crippen MR) is 168 cm³/mol. The molecule has 5 rings (SSSR count). The van der Waals surface area contributed by atoms with E-state index in [-0.39, 0.29) is 17.1 Å². The van der Waals surface area contributed by atoms with E-state index in [1.165, 1.54) is 4.80 Å². The second kappa shape index (κ2) is 10.6. The van der Waals surface area contributed by atoms with Gasteiger partial charge < -0.3 is 10.0 Å². The molecule has 222 valence electrons. The van der Waals surface area contributed by atoms with E-state index in [0.29, 0.717) is 41.5 Å². The number of hydrogen-bond acceptors (Lipinski definition) is 11. The minimum atomic E-state index is -1.06. The maximum absolute atomic E-state index is 15.8. The SMILES string of the molecule is CC[C@@H]1CCC[C@H](F)[C@H](N(c2cnc(-c3ccc(-c4nnn(C(C)(C)C)n4)cc3O)nn2)C2(S)C(C)(C)C2(S)S)C1. The molecule has 2 heterocycles. The molecule has 2 aliphatic rings. The van der Waals surface area contributed by atoms with Gasteiger partial charge in [0.25, 0.3) is 0 Å². The maximum Gasteiger partial charge on any atom is 0.205 e. The molecule has 13 heteroatoms. The number of thiol groups is 3. The molecule has 41 heavy (non-hydrogen) atoms. The van der Waals surface area contributed by atoms with Gasteiger partial charge in [0.05, 0.1) is 27.4 Å². The Morgan fingerprint density at radius 3 is 2.34 bits per heavy atom. The molecule has 1 unspecified atom stereocenters. The van der Waals surface area contributed by atoms with E-state index < -0.39 is 26.6 Å². The van der Waals surface area contributed by atoms with Gasteiger partial charge in [-0.15, -0.1) is 33.0 Å². The smallest absolute Gasteiger partial charge is 0.205 e. The Hall–Kier alpha value is -2.12. The van der Waals surface area contributed by atoms with Crippen LogP contribution in [-0.2, 0) is 5.54 Å². The number of aromatic hydroxyl groups is 1. The zero-order chi connectivity index (χ0) is 30.0. The van der Waals surface area contributed by atoms with Crippen molar-refractivity contribution in [1.29, 1.82) is 0 Å². The van der Waals surface area contributed by atoms with Crippen LogP contribution in [0.3, 0.4) is 0 Å². The number of benzene rings is 1. The highest BCUT2D eigenvalue weighted by Crippen LogP contribution is 2.76. The number of halogens is 1. The van der Waals surface area contributed by atoms with Gasteiger partial charge in [-0.25, -0.2) is 9.37 Å².